The Kier molecular flexibility index (Phi) is 5.95. The molecule has 3 aromatic carbocycles. The molecule has 1 aliphatic rings. The van der Waals surface area contributed by atoms with E-state index in [2.05, 4.69) is 4.90 Å². The molecule has 5 nitrogen and oxygen atoms in total. The van der Waals surface area contributed by atoms with Crippen LogP contribution in [0, 0.1) is 0 Å². The molecule has 146 valence electrons. The molecule has 4 rings (SSSR count). The van der Waals surface area contributed by atoms with Gasteiger partial charge < -0.3 is 19.9 Å². The first-order chi connectivity index (χ1) is 13.8. The van der Waals surface area contributed by atoms with Crippen LogP contribution in [-0.2, 0) is 11.3 Å². The first-order valence-corrected chi connectivity index (χ1v) is 9.71. The zero-order valence-electron chi connectivity index (χ0n) is 16.0. The molecule has 2 N–H and O–H groups in total. The normalized spacial score (nSPS) is 14.9. The van der Waals surface area contributed by atoms with Gasteiger partial charge in [0.05, 0.1) is 13.2 Å². The van der Waals surface area contributed by atoms with Crippen molar-refractivity contribution in [1.29, 1.82) is 0 Å². The third-order valence-electron chi connectivity index (χ3n) is 5.02. The summed E-state index contributed by atoms with van der Waals surface area (Å²) in [5.74, 6) is 1.73. The van der Waals surface area contributed by atoms with Gasteiger partial charge in [-0.2, -0.15) is 0 Å². The number of anilines is 1. The standard InChI is InChI=1S/C23H26N2O3/c24-22-9-10-23(21-4-2-1-3-20(21)22)28-17-18-5-7-19(8-6-18)27-16-13-25-11-14-26-15-12-25/h1-10H,11-17,24H2. The van der Waals surface area contributed by atoms with Gasteiger partial charge in [-0.05, 0) is 29.8 Å². The topological polar surface area (TPSA) is 57.0 Å². The monoisotopic (exact) mass is 378 g/mol. The Morgan fingerprint density at radius 1 is 0.857 bits per heavy atom. The second-order valence-corrected chi connectivity index (χ2v) is 6.93. The maximum atomic E-state index is 6.06. The molecule has 0 bridgehead atoms. The number of benzene rings is 3. The maximum Gasteiger partial charge on any atom is 0.127 e. The summed E-state index contributed by atoms with van der Waals surface area (Å²) in [6, 6.07) is 19.9. The van der Waals surface area contributed by atoms with E-state index in [1.165, 1.54) is 0 Å². The Bertz CT molecular complexity index is 905. The molecule has 3 aromatic rings. The lowest BCUT2D eigenvalue weighted by Crippen LogP contribution is -2.38. The maximum absolute atomic E-state index is 6.06. The van der Waals surface area contributed by atoms with Crippen LogP contribution in [0.4, 0.5) is 5.69 Å². The second kappa shape index (κ2) is 8.95. The Morgan fingerprint density at radius 3 is 2.39 bits per heavy atom. The largest absolute Gasteiger partial charge is 0.492 e. The summed E-state index contributed by atoms with van der Waals surface area (Å²) < 4.78 is 17.3. The average molecular weight is 378 g/mol. The van der Waals surface area contributed by atoms with Gasteiger partial charge in [-0.1, -0.05) is 36.4 Å². The molecule has 0 radical (unpaired) electrons. The van der Waals surface area contributed by atoms with Gasteiger partial charge in [0, 0.05) is 36.1 Å². The van der Waals surface area contributed by atoms with Crippen LogP contribution in [0.1, 0.15) is 5.56 Å². The highest BCUT2D eigenvalue weighted by molar-refractivity contribution is 5.96. The van der Waals surface area contributed by atoms with E-state index < -0.39 is 0 Å². The Balaban J connectivity index is 1.31. The summed E-state index contributed by atoms with van der Waals surface area (Å²) in [5.41, 5.74) is 7.92. The van der Waals surface area contributed by atoms with Crippen molar-refractivity contribution >= 4 is 16.5 Å². The van der Waals surface area contributed by atoms with E-state index in [9.17, 15) is 0 Å². The summed E-state index contributed by atoms with van der Waals surface area (Å²) in [6.45, 7) is 5.72. The molecule has 5 heteroatoms. The number of hydrogen-bond acceptors (Lipinski definition) is 5. The minimum Gasteiger partial charge on any atom is -0.492 e. The fourth-order valence-electron chi connectivity index (χ4n) is 3.38. The highest BCUT2D eigenvalue weighted by Crippen LogP contribution is 2.30. The lowest BCUT2D eigenvalue weighted by molar-refractivity contribution is 0.0322. The van der Waals surface area contributed by atoms with Crippen molar-refractivity contribution in [2.45, 2.75) is 6.61 Å². The first-order valence-electron chi connectivity index (χ1n) is 9.71. The zero-order chi connectivity index (χ0) is 19.2. The molecule has 0 saturated carbocycles. The van der Waals surface area contributed by atoms with Crippen LogP contribution in [0.3, 0.4) is 0 Å². The number of hydrogen-bond donors (Lipinski definition) is 1. The van der Waals surface area contributed by atoms with Crippen molar-refractivity contribution in [3.8, 4) is 11.5 Å². The number of nitrogens with two attached hydrogens (primary N) is 1. The lowest BCUT2D eigenvalue weighted by atomic mass is 10.1. The molecular formula is C23H26N2O3. The second-order valence-electron chi connectivity index (χ2n) is 6.93. The van der Waals surface area contributed by atoms with Crippen molar-refractivity contribution < 1.29 is 14.2 Å². The smallest absolute Gasteiger partial charge is 0.127 e. The van der Waals surface area contributed by atoms with Crippen molar-refractivity contribution in [2.24, 2.45) is 0 Å². The number of fused-ring (bicyclic) bond motifs is 1. The summed E-state index contributed by atoms with van der Waals surface area (Å²) in [4.78, 5) is 2.36. The molecule has 0 aliphatic carbocycles. The molecule has 1 fully saturated rings. The van der Waals surface area contributed by atoms with Crippen molar-refractivity contribution in [3.63, 3.8) is 0 Å². The van der Waals surface area contributed by atoms with Crippen LogP contribution >= 0.6 is 0 Å². The Labute approximate surface area is 165 Å². The Morgan fingerprint density at radius 2 is 1.61 bits per heavy atom. The van der Waals surface area contributed by atoms with Crippen LogP contribution in [0.25, 0.3) is 10.8 Å². The number of rotatable bonds is 7. The summed E-state index contributed by atoms with van der Waals surface area (Å²) in [5, 5.41) is 2.05. The van der Waals surface area contributed by atoms with Gasteiger partial charge in [-0.25, -0.2) is 0 Å². The average Bonchev–Trinajstić information content (AvgIpc) is 2.75. The van der Waals surface area contributed by atoms with Gasteiger partial charge in [-0.3, -0.25) is 4.90 Å². The molecule has 28 heavy (non-hydrogen) atoms. The van der Waals surface area contributed by atoms with Gasteiger partial charge in [0.25, 0.3) is 0 Å². The summed E-state index contributed by atoms with van der Waals surface area (Å²) in [6.07, 6.45) is 0. The molecule has 0 amide bonds. The third kappa shape index (κ3) is 4.55. The molecule has 0 unspecified atom stereocenters. The molecule has 0 aromatic heterocycles. The van der Waals surface area contributed by atoms with E-state index in [4.69, 9.17) is 19.9 Å². The minimum absolute atomic E-state index is 0.502. The van der Waals surface area contributed by atoms with E-state index in [1.807, 2.05) is 60.7 Å². The molecule has 1 heterocycles. The number of morpholine rings is 1. The molecule has 1 aliphatic heterocycles. The molecule has 1 saturated heterocycles. The SMILES string of the molecule is Nc1ccc(OCc2ccc(OCCN3CCOCC3)cc2)c2ccccc12. The van der Waals surface area contributed by atoms with Crippen LogP contribution in [0.15, 0.2) is 60.7 Å². The highest BCUT2D eigenvalue weighted by atomic mass is 16.5. The predicted molar refractivity (Wildman–Crippen MR) is 112 cm³/mol. The van der Waals surface area contributed by atoms with Gasteiger partial charge in [0.2, 0.25) is 0 Å². The third-order valence-corrected chi connectivity index (χ3v) is 5.02. The van der Waals surface area contributed by atoms with Crippen LogP contribution in [0.2, 0.25) is 0 Å². The van der Waals surface area contributed by atoms with E-state index in [0.717, 1.165) is 66.4 Å². The van der Waals surface area contributed by atoms with Gasteiger partial charge in [0.1, 0.15) is 24.7 Å². The van der Waals surface area contributed by atoms with Crippen molar-refractivity contribution in [1.82, 2.24) is 4.90 Å². The number of nitrogen functional groups attached to an aromatic ring is 1. The van der Waals surface area contributed by atoms with E-state index in [-0.39, 0.29) is 0 Å². The van der Waals surface area contributed by atoms with E-state index in [1.54, 1.807) is 0 Å². The van der Waals surface area contributed by atoms with Gasteiger partial charge in [-0.15, -0.1) is 0 Å². The Hall–Kier alpha value is -2.76. The highest BCUT2D eigenvalue weighted by Gasteiger charge is 2.10. The van der Waals surface area contributed by atoms with Crippen molar-refractivity contribution in [3.05, 3.63) is 66.2 Å². The van der Waals surface area contributed by atoms with Gasteiger partial charge >= 0.3 is 0 Å². The summed E-state index contributed by atoms with van der Waals surface area (Å²) >= 11 is 0. The minimum atomic E-state index is 0.502. The zero-order valence-corrected chi connectivity index (χ0v) is 16.0. The predicted octanol–water partition coefficient (Wildman–Crippen LogP) is 3.71. The van der Waals surface area contributed by atoms with Gasteiger partial charge in [0.15, 0.2) is 0 Å². The number of ether oxygens (including phenoxy) is 3. The summed E-state index contributed by atoms with van der Waals surface area (Å²) in [7, 11) is 0. The van der Waals surface area contributed by atoms with Crippen LogP contribution in [-0.4, -0.2) is 44.4 Å². The van der Waals surface area contributed by atoms with Crippen molar-refractivity contribution in [2.75, 3.05) is 45.2 Å². The molecular weight excluding hydrogens is 352 g/mol. The molecule has 0 spiro atoms. The fourth-order valence-corrected chi connectivity index (χ4v) is 3.38. The number of nitrogens with zero attached hydrogens (tertiary/aromatic N) is 1. The molecule has 0 atom stereocenters. The quantitative estimate of drug-likeness (QED) is 0.635. The van der Waals surface area contributed by atoms with Crippen LogP contribution in [0.5, 0.6) is 11.5 Å². The fraction of sp³-hybridized carbons (Fsp3) is 0.304. The van der Waals surface area contributed by atoms with E-state index in [0.29, 0.717) is 13.2 Å². The van der Waals surface area contributed by atoms with E-state index >= 15 is 0 Å². The lowest BCUT2D eigenvalue weighted by Gasteiger charge is -2.26. The van der Waals surface area contributed by atoms with Crippen LogP contribution < -0.4 is 15.2 Å². The first kappa shape index (κ1) is 18.6.